The van der Waals surface area contributed by atoms with E-state index in [-0.39, 0.29) is 23.9 Å². The summed E-state index contributed by atoms with van der Waals surface area (Å²) in [7, 11) is 0. The highest BCUT2D eigenvalue weighted by Gasteiger charge is 2.45. The second-order valence-corrected chi connectivity index (χ2v) is 12.2. The van der Waals surface area contributed by atoms with Gasteiger partial charge in [-0.15, -0.1) is 0 Å². The Morgan fingerprint density at radius 1 is 1.13 bits per heavy atom. The van der Waals surface area contributed by atoms with Crippen LogP contribution in [0.4, 0.5) is 5.69 Å². The van der Waals surface area contributed by atoms with Crippen LogP contribution in [0.3, 0.4) is 0 Å². The third-order valence-electron chi connectivity index (χ3n) is 8.55. The number of benzene rings is 2. The van der Waals surface area contributed by atoms with E-state index in [1.165, 1.54) is 11.1 Å². The predicted octanol–water partition coefficient (Wildman–Crippen LogP) is 4.61. The number of rotatable bonds is 2. The number of hydrogen-bond donors (Lipinski definition) is 1. The Labute approximate surface area is 232 Å². The molecule has 3 aliphatic rings. The summed E-state index contributed by atoms with van der Waals surface area (Å²) in [4.78, 5) is 31.6. The first-order chi connectivity index (χ1) is 18.7. The Hall–Kier alpha value is -2.90. The quantitative estimate of drug-likeness (QED) is 0.611. The number of hydrogen-bond acceptors (Lipinski definition) is 5. The summed E-state index contributed by atoms with van der Waals surface area (Å²) in [5.41, 5.74) is 3.35. The topological polar surface area (TPSA) is 71.1 Å². The van der Waals surface area contributed by atoms with Crippen LogP contribution >= 0.6 is 0 Å². The molecule has 3 heterocycles. The summed E-state index contributed by atoms with van der Waals surface area (Å²) >= 11 is 0. The molecule has 1 spiro atoms. The van der Waals surface area contributed by atoms with E-state index in [2.05, 4.69) is 62.2 Å². The average molecular weight is 534 g/mol. The van der Waals surface area contributed by atoms with E-state index in [1.54, 1.807) is 0 Å². The minimum Gasteiger partial charge on any atom is -0.491 e. The van der Waals surface area contributed by atoms with Crippen molar-refractivity contribution < 1.29 is 19.1 Å². The van der Waals surface area contributed by atoms with Crippen LogP contribution in [0.25, 0.3) is 0 Å². The Kier molecular flexibility index (Phi) is 8.01. The van der Waals surface area contributed by atoms with E-state index in [0.717, 1.165) is 42.7 Å². The van der Waals surface area contributed by atoms with Gasteiger partial charge in [0.1, 0.15) is 12.4 Å². The number of carbonyl (C=O) groups is 2. The Morgan fingerprint density at radius 2 is 1.95 bits per heavy atom. The third-order valence-corrected chi connectivity index (χ3v) is 8.55. The number of carbonyl (C=O) groups excluding carboxylic acids is 2. The van der Waals surface area contributed by atoms with Crippen LogP contribution in [0.2, 0.25) is 0 Å². The molecule has 1 fully saturated rings. The molecule has 2 atom stereocenters. The molecular formula is C32H43N3O4. The smallest absolute Gasteiger partial charge is 0.253 e. The molecule has 2 aromatic rings. The summed E-state index contributed by atoms with van der Waals surface area (Å²) in [6.45, 7) is 11.2. The molecule has 1 saturated heterocycles. The van der Waals surface area contributed by atoms with Crippen molar-refractivity contribution in [3.05, 3.63) is 59.2 Å². The molecule has 2 amide bonds. The number of anilines is 1. The number of amides is 2. The van der Waals surface area contributed by atoms with Gasteiger partial charge in [0.05, 0.1) is 19.7 Å². The minimum atomic E-state index is -0.961. The highest BCUT2D eigenvalue weighted by atomic mass is 16.5. The van der Waals surface area contributed by atoms with E-state index in [9.17, 15) is 9.59 Å². The third kappa shape index (κ3) is 5.85. The Balaban J connectivity index is 1.32. The van der Waals surface area contributed by atoms with Gasteiger partial charge in [0.2, 0.25) is 5.91 Å². The van der Waals surface area contributed by atoms with Crippen molar-refractivity contribution in [2.75, 3.05) is 44.3 Å². The number of nitrogens with one attached hydrogen (secondary N) is 1. The molecule has 210 valence electrons. The van der Waals surface area contributed by atoms with Crippen LogP contribution in [0, 0.1) is 6.92 Å². The number of ether oxygens (including phenoxy) is 2. The van der Waals surface area contributed by atoms with E-state index >= 15 is 0 Å². The van der Waals surface area contributed by atoms with Crippen LogP contribution in [-0.4, -0.2) is 67.2 Å². The maximum atomic E-state index is 14.0. The molecular weight excluding hydrogens is 490 g/mol. The van der Waals surface area contributed by atoms with Gasteiger partial charge in [-0.25, -0.2) is 0 Å². The number of nitrogens with zero attached hydrogens (tertiary/aromatic N) is 2. The zero-order valence-corrected chi connectivity index (χ0v) is 23.9. The molecule has 0 aliphatic carbocycles. The second-order valence-electron chi connectivity index (χ2n) is 12.2. The number of para-hydroxylation sites is 1. The molecule has 5 rings (SSSR count). The van der Waals surface area contributed by atoms with E-state index < -0.39 is 5.60 Å². The van der Waals surface area contributed by atoms with Gasteiger partial charge < -0.3 is 19.7 Å². The van der Waals surface area contributed by atoms with Gasteiger partial charge in [-0.2, -0.15) is 0 Å². The molecule has 0 aromatic heterocycles. The summed E-state index contributed by atoms with van der Waals surface area (Å²) in [5.74, 6) is 1.26. The van der Waals surface area contributed by atoms with Crippen LogP contribution in [-0.2, 0) is 20.7 Å². The lowest BCUT2D eigenvalue weighted by atomic mass is 9.79. The van der Waals surface area contributed by atoms with Crippen molar-refractivity contribution in [1.82, 2.24) is 10.2 Å². The number of fused-ring (bicyclic) bond motifs is 2. The zero-order chi connectivity index (χ0) is 27.6. The maximum absolute atomic E-state index is 14.0. The number of morpholine rings is 1. The number of aryl methyl sites for hydroxylation is 2. The molecule has 1 N–H and O–H groups in total. The standard InChI is InChI=1S/C32H43N3O4/c1-23-12-13-26-24(2)20-31(3,4)35(27(26)19-23)29(36)21-34-16-18-39-32(22-34)14-8-7-10-25-9-5-6-11-28(25)38-17-15-33-30(32)37/h5-6,9,11-13,19,24H,7-8,10,14-18,20-22H2,1-4H3,(H,33,37). The molecule has 2 aromatic carbocycles. The van der Waals surface area contributed by atoms with Crippen molar-refractivity contribution in [3.63, 3.8) is 0 Å². The van der Waals surface area contributed by atoms with Gasteiger partial charge in [-0.05, 0) is 87.6 Å². The summed E-state index contributed by atoms with van der Waals surface area (Å²) in [6.07, 6.45) is 4.23. The van der Waals surface area contributed by atoms with Gasteiger partial charge >= 0.3 is 0 Å². The summed E-state index contributed by atoms with van der Waals surface area (Å²) in [5, 5.41) is 3.06. The molecule has 7 nitrogen and oxygen atoms in total. The van der Waals surface area contributed by atoms with Crippen molar-refractivity contribution in [2.45, 2.75) is 76.9 Å². The van der Waals surface area contributed by atoms with Gasteiger partial charge in [0.25, 0.3) is 5.91 Å². The largest absolute Gasteiger partial charge is 0.491 e. The molecule has 3 aliphatic heterocycles. The fourth-order valence-corrected chi connectivity index (χ4v) is 6.73. The highest BCUT2D eigenvalue weighted by Crippen LogP contribution is 2.44. The van der Waals surface area contributed by atoms with Crippen molar-refractivity contribution in [1.29, 1.82) is 0 Å². The van der Waals surface area contributed by atoms with Crippen LogP contribution in [0.15, 0.2) is 42.5 Å². The van der Waals surface area contributed by atoms with Gasteiger partial charge in [0.15, 0.2) is 5.60 Å². The minimum absolute atomic E-state index is 0.0781. The first kappa shape index (κ1) is 27.7. The summed E-state index contributed by atoms with van der Waals surface area (Å²) < 4.78 is 12.2. The van der Waals surface area contributed by atoms with Crippen molar-refractivity contribution >= 4 is 17.5 Å². The first-order valence-corrected chi connectivity index (χ1v) is 14.5. The SMILES string of the molecule is Cc1ccc2c(c1)N(C(=O)CN1CCOC3(CCCCc4ccccc4OCCNC3=O)C1)C(C)(C)CC2C. The molecule has 7 heteroatoms. The predicted molar refractivity (Wildman–Crippen MR) is 153 cm³/mol. The summed E-state index contributed by atoms with van der Waals surface area (Å²) in [6, 6.07) is 14.6. The van der Waals surface area contributed by atoms with E-state index in [1.807, 2.05) is 23.1 Å². The van der Waals surface area contributed by atoms with Crippen LogP contribution < -0.4 is 15.0 Å². The highest BCUT2D eigenvalue weighted by molar-refractivity contribution is 5.97. The lowest BCUT2D eigenvalue weighted by molar-refractivity contribution is -0.163. The van der Waals surface area contributed by atoms with Crippen molar-refractivity contribution in [3.8, 4) is 5.75 Å². The lowest BCUT2D eigenvalue weighted by Gasteiger charge is -2.47. The molecule has 0 bridgehead atoms. The fourth-order valence-electron chi connectivity index (χ4n) is 6.73. The maximum Gasteiger partial charge on any atom is 0.253 e. The van der Waals surface area contributed by atoms with Gasteiger partial charge in [-0.1, -0.05) is 37.3 Å². The lowest BCUT2D eigenvalue weighted by Crippen LogP contribution is -2.62. The molecule has 0 saturated carbocycles. The Bertz CT molecular complexity index is 1210. The van der Waals surface area contributed by atoms with E-state index in [0.29, 0.717) is 45.2 Å². The van der Waals surface area contributed by atoms with Crippen LogP contribution in [0.5, 0.6) is 5.75 Å². The molecule has 0 radical (unpaired) electrons. The second kappa shape index (κ2) is 11.3. The normalized spacial score (nSPS) is 25.9. The first-order valence-electron chi connectivity index (χ1n) is 14.5. The fraction of sp³-hybridized carbons (Fsp3) is 0.562. The van der Waals surface area contributed by atoms with Crippen molar-refractivity contribution in [2.24, 2.45) is 0 Å². The van der Waals surface area contributed by atoms with Gasteiger partial charge in [0, 0.05) is 24.3 Å². The molecule has 39 heavy (non-hydrogen) atoms. The van der Waals surface area contributed by atoms with E-state index in [4.69, 9.17) is 9.47 Å². The Morgan fingerprint density at radius 3 is 2.79 bits per heavy atom. The molecule has 2 unspecified atom stereocenters. The average Bonchev–Trinajstić information content (AvgIpc) is 2.88. The van der Waals surface area contributed by atoms with Gasteiger partial charge in [-0.3, -0.25) is 14.5 Å². The monoisotopic (exact) mass is 533 g/mol. The van der Waals surface area contributed by atoms with Crippen LogP contribution in [0.1, 0.15) is 69.1 Å². The zero-order valence-electron chi connectivity index (χ0n) is 23.9.